The number of methoxy groups -OCH3 is 1. The van der Waals surface area contributed by atoms with E-state index in [-0.39, 0.29) is 0 Å². The van der Waals surface area contributed by atoms with E-state index in [4.69, 9.17) is 4.74 Å². The van der Waals surface area contributed by atoms with E-state index in [0.717, 1.165) is 32.7 Å². The molecule has 4 nitrogen and oxygen atoms in total. The van der Waals surface area contributed by atoms with Crippen molar-refractivity contribution in [1.29, 1.82) is 0 Å². The molecule has 1 aromatic carbocycles. The zero-order chi connectivity index (χ0) is 15.7. The van der Waals surface area contributed by atoms with E-state index < -0.39 is 0 Å². The standard InChI is InChI=1S/C18H27N3O/c1-13(19-2)7-16-10-20(3)18-9-15-12-21(5-6-22-4)11-14(15)8-17(16)18/h8-10,13,19H,5-7,11-12H2,1-4H3. The molecule has 0 aliphatic carbocycles. The normalized spacial score (nSPS) is 16.4. The van der Waals surface area contributed by atoms with Crippen LogP contribution in [0.25, 0.3) is 10.9 Å². The summed E-state index contributed by atoms with van der Waals surface area (Å²) < 4.78 is 7.48. The molecule has 1 aliphatic rings. The van der Waals surface area contributed by atoms with Crippen LogP contribution in [0.4, 0.5) is 0 Å². The van der Waals surface area contributed by atoms with Gasteiger partial charge in [0.25, 0.3) is 0 Å². The number of likely N-dealkylation sites (N-methyl/N-ethyl adjacent to an activating group) is 1. The summed E-state index contributed by atoms with van der Waals surface area (Å²) >= 11 is 0. The van der Waals surface area contributed by atoms with Gasteiger partial charge in [-0.15, -0.1) is 0 Å². The van der Waals surface area contributed by atoms with Crippen molar-refractivity contribution >= 4 is 10.9 Å². The van der Waals surface area contributed by atoms with Gasteiger partial charge in [-0.3, -0.25) is 4.90 Å². The summed E-state index contributed by atoms with van der Waals surface area (Å²) in [4.78, 5) is 2.46. The van der Waals surface area contributed by atoms with Crippen molar-refractivity contribution in [2.75, 3.05) is 27.3 Å². The van der Waals surface area contributed by atoms with Gasteiger partial charge in [-0.2, -0.15) is 0 Å². The highest BCUT2D eigenvalue weighted by Gasteiger charge is 2.21. The maximum absolute atomic E-state index is 5.21. The van der Waals surface area contributed by atoms with E-state index in [1.54, 1.807) is 7.11 Å². The first kappa shape index (κ1) is 15.5. The minimum absolute atomic E-state index is 0.497. The molecule has 1 atom stereocenters. The molecular weight excluding hydrogens is 274 g/mol. The van der Waals surface area contributed by atoms with Crippen LogP contribution >= 0.6 is 0 Å². The van der Waals surface area contributed by atoms with E-state index in [1.165, 1.54) is 27.6 Å². The molecule has 22 heavy (non-hydrogen) atoms. The van der Waals surface area contributed by atoms with Crippen LogP contribution in [0.1, 0.15) is 23.6 Å². The van der Waals surface area contributed by atoms with Crippen LogP contribution in [-0.2, 0) is 31.3 Å². The molecule has 3 rings (SSSR count). The Hall–Kier alpha value is -1.36. The zero-order valence-electron chi connectivity index (χ0n) is 14.1. The van der Waals surface area contributed by atoms with Crippen LogP contribution in [0.15, 0.2) is 18.3 Å². The van der Waals surface area contributed by atoms with Crippen molar-refractivity contribution in [3.63, 3.8) is 0 Å². The lowest BCUT2D eigenvalue weighted by Crippen LogP contribution is -2.23. The van der Waals surface area contributed by atoms with E-state index in [1.807, 2.05) is 7.05 Å². The van der Waals surface area contributed by atoms with Gasteiger partial charge < -0.3 is 14.6 Å². The number of fused-ring (bicyclic) bond motifs is 2. The lowest BCUT2D eigenvalue weighted by Gasteiger charge is -2.13. The third-order valence-electron chi connectivity index (χ3n) is 4.81. The van der Waals surface area contributed by atoms with Crippen molar-refractivity contribution in [2.24, 2.45) is 7.05 Å². The molecule has 1 unspecified atom stereocenters. The Bertz CT molecular complexity index is 662. The van der Waals surface area contributed by atoms with Crippen LogP contribution in [0.2, 0.25) is 0 Å². The average Bonchev–Trinajstić information content (AvgIpc) is 3.04. The van der Waals surface area contributed by atoms with Crippen LogP contribution in [0, 0.1) is 0 Å². The number of aryl methyl sites for hydroxylation is 1. The van der Waals surface area contributed by atoms with Crippen LogP contribution < -0.4 is 5.32 Å². The monoisotopic (exact) mass is 301 g/mol. The molecule has 1 N–H and O–H groups in total. The Morgan fingerprint density at radius 3 is 2.68 bits per heavy atom. The number of hydrogen-bond donors (Lipinski definition) is 1. The first-order valence-electron chi connectivity index (χ1n) is 8.10. The first-order valence-corrected chi connectivity index (χ1v) is 8.10. The molecule has 0 amide bonds. The number of hydrogen-bond acceptors (Lipinski definition) is 3. The van der Waals surface area contributed by atoms with Crippen LogP contribution in [-0.4, -0.2) is 42.8 Å². The lowest BCUT2D eigenvalue weighted by atomic mass is 10.0. The Morgan fingerprint density at radius 1 is 1.27 bits per heavy atom. The number of rotatable bonds is 6. The Labute approximate surface area is 133 Å². The van der Waals surface area contributed by atoms with Crippen molar-refractivity contribution in [3.05, 3.63) is 35.0 Å². The summed E-state index contributed by atoms with van der Waals surface area (Å²) in [5.41, 5.74) is 5.74. The van der Waals surface area contributed by atoms with E-state index in [2.05, 4.69) is 47.1 Å². The topological polar surface area (TPSA) is 29.4 Å². The van der Waals surface area contributed by atoms with E-state index >= 15 is 0 Å². The minimum atomic E-state index is 0.497. The Balaban J connectivity index is 1.90. The van der Waals surface area contributed by atoms with Gasteiger partial charge in [-0.25, -0.2) is 0 Å². The number of nitrogens with zero attached hydrogens (tertiary/aromatic N) is 2. The fraction of sp³-hybridized carbons (Fsp3) is 0.556. The summed E-state index contributed by atoms with van der Waals surface area (Å²) in [7, 11) is 5.95. The smallest absolute Gasteiger partial charge is 0.0589 e. The van der Waals surface area contributed by atoms with Gasteiger partial charge in [-0.05, 0) is 49.2 Å². The second-order valence-corrected chi connectivity index (χ2v) is 6.50. The first-order chi connectivity index (χ1) is 10.6. The summed E-state index contributed by atoms with van der Waals surface area (Å²) in [5, 5.41) is 4.75. The van der Waals surface area contributed by atoms with Crippen LogP contribution in [0.3, 0.4) is 0 Å². The summed E-state index contributed by atoms with van der Waals surface area (Å²) in [5.74, 6) is 0. The SMILES string of the molecule is CNC(C)Cc1cn(C)c2cc3c(cc12)CN(CCOC)C3. The molecule has 0 saturated carbocycles. The predicted octanol–water partition coefficient (Wildman–Crippen LogP) is 2.29. The number of nitrogens with one attached hydrogen (secondary N) is 1. The third-order valence-corrected chi connectivity index (χ3v) is 4.81. The quantitative estimate of drug-likeness (QED) is 0.888. The molecule has 0 saturated heterocycles. The third kappa shape index (κ3) is 2.91. The Morgan fingerprint density at radius 2 is 2.00 bits per heavy atom. The van der Waals surface area contributed by atoms with Gasteiger partial charge in [0.2, 0.25) is 0 Å². The van der Waals surface area contributed by atoms with Crippen molar-refractivity contribution in [3.8, 4) is 0 Å². The summed E-state index contributed by atoms with van der Waals surface area (Å²) in [6, 6.07) is 5.29. The number of aromatic nitrogens is 1. The highest BCUT2D eigenvalue weighted by molar-refractivity contribution is 5.86. The van der Waals surface area contributed by atoms with E-state index in [0.29, 0.717) is 6.04 Å². The second kappa shape index (κ2) is 6.41. The highest BCUT2D eigenvalue weighted by Crippen LogP contribution is 2.30. The van der Waals surface area contributed by atoms with Gasteiger partial charge in [0.05, 0.1) is 6.61 Å². The van der Waals surface area contributed by atoms with Gasteiger partial charge in [0.15, 0.2) is 0 Å². The van der Waals surface area contributed by atoms with E-state index in [9.17, 15) is 0 Å². The zero-order valence-corrected chi connectivity index (χ0v) is 14.1. The molecule has 1 aromatic heterocycles. The number of ether oxygens (including phenoxy) is 1. The largest absolute Gasteiger partial charge is 0.383 e. The number of benzene rings is 1. The van der Waals surface area contributed by atoms with Crippen molar-refractivity contribution in [2.45, 2.75) is 32.5 Å². The molecule has 0 spiro atoms. The maximum Gasteiger partial charge on any atom is 0.0589 e. The molecule has 2 aromatic rings. The minimum Gasteiger partial charge on any atom is -0.383 e. The molecule has 0 bridgehead atoms. The Kier molecular flexibility index (Phi) is 4.52. The molecule has 0 radical (unpaired) electrons. The molecule has 1 aliphatic heterocycles. The molecule has 4 heteroatoms. The van der Waals surface area contributed by atoms with Crippen LogP contribution in [0.5, 0.6) is 0 Å². The van der Waals surface area contributed by atoms with Gasteiger partial charge in [-0.1, -0.05) is 0 Å². The molecule has 0 fully saturated rings. The fourth-order valence-electron chi connectivity index (χ4n) is 3.40. The molecule has 2 heterocycles. The second-order valence-electron chi connectivity index (χ2n) is 6.50. The fourth-order valence-corrected chi connectivity index (χ4v) is 3.40. The maximum atomic E-state index is 5.21. The lowest BCUT2D eigenvalue weighted by molar-refractivity contribution is 0.147. The van der Waals surface area contributed by atoms with Gasteiger partial charge in [0, 0.05) is 56.9 Å². The average molecular weight is 301 g/mol. The molecular formula is C18H27N3O. The summed E-state index contributed by atoms with van der Waals surface area (Å²) in [6.45, 7) is 6.13. The van der Waals surface area contributed by atoms with Crippen molar-refractivity contribution in [1.82, 2.24) is 14.8 Å². The van der Waals surface area contributed by atoms with Gasteiger partial charge >= 0.3 is 0 Å². The molecule has 120 valence electrons. The van der Waals surface area contributed by atoms with Gasteiger partial charge in [0.1, 0.15) is 0 Å². The predicted molar refractivity (Wildman–Crippen MR) is 91.1 cm³/mol. The summed E-state index contributed by atoms with van der Waals surface area (Å²) in [6.07, 6.45) is 3.36. The van der Waals surface area contributed by atoms with Crippen molar-refractivity contribution < 1.29 is 4.74 Å². The highest BCUT2D eigenvalue weighted by atomic mass is 16.5.